The van der Waals surface area contributed by atoms with Gasteiger partial charge in [0.05, 0.1) is 0 Å². The predicted octanol–water partition coefficient (Wildman–Crippen LogP) is 2.98. The third kappa shape index (κ3) is 5.86. The van der Waals surface area contributed by atoms with Gasteiger partial charge >= 0.3 is 0 Å². The van der Waals surface area contributed by atoms with Crippen LogP contribution in [0, 0.1) is 0 Å². The minimum atomic E-state index is 1.32. The first kappa shape index (κ1) is 14.0. The summed E-state index contributed by atoms with van der Waals surface area (Å²) in [5.41, 5.74) is 0. The van der Waals surface area contributed by atoms with Crippen LogP contribution in [0.1, 0.15) is 52.4 Å². The van der Waals surface area contributed by atoms with Crippen LogP contribution in [-0.4, -0.2) is 49.1 Å². The highest BCUT2D eigenvalue weighted by atomic mass is 15.1. The van der Waals surface area contributed by atoms with E-state index in [-0.39, 0.29) is 0 Å². The smallest absolute Gasteiger partial charge is 0.00183 e. The van der Waals surface area contributed by atoms with E-state index >= 15 is 0 Å². The van der Waals surface area contributed by atoms with Gasteiger partial charge in [0.15, 0.2) is 0 Å². The molecule has 2 heteroatoms. The van der Waals surface area contributed by atoms with Crippen LogP contribution in [0.2, 0.25) is 0 Å². The number of rotatable bonds is 4. The van der Waals surface area contributed by atoms with Crippen LogP contribution in [-0.2, 0) is 0 Å². The van der Waals surface area contributed by atoms with Crippen LogP contribution in [0.4, 0.5) is 0 Å². The maximum absolute atomic E-state index is 2.54. The second kappa shape index (κ2) is 9.00. The van der Waals surface area contributed by atoms with Gasteiger partial charge < -0.3 is 9.80 Å². The molecular weight excluding hydrogens is 196 g/mol. The lowest BCUT2D eigenvalue weighted by molar-refractivity contribution is 0.339. The first-order valence-corrected chi connectivity index (χ1v) is 7.31. The summed E-state index contributed by atoms with van der Waals surface area (Å²) < 4.78 is 0. The van der Waals surface area contributed by atoms with Crippen molar-refractivity contribution in [3.8, 4) is 0 Å². The van der Waals surface area contributed by atoms with E-state index in [4.69, 9.17) is 0 Å². The highest BCUT2D eigenvalue weighted by Crippen LogP contribution is 2.07. The van der Waals surface area contributed by atoms with Gasteiger partial charge in [0, 0.05) is 0 Å². The molecule has 96 valence electrons. The molecule has 0 aromatic heterocycles. The Kier molecular flexibility index (Phi) is 7.87. The molecule has 0 atom stereocenters. The van der Waals surface area contributed by atoms with Crippen LogP contribution in [0.3, 0.4) is 0 Å². The van der Waals surface area contributed by atoms with Crippen molar-refractivity contribution in [2.24, 2.45) is 0 Å². The molecule has 0 aliphatic carbocycles. The molecule has 0 radical (unpaired) electrons. The largest absolute Gasteiger partial charge is 0.303 e. The van der Waals surface area contributed by atoms with E-state index in [2.05, 4.69) is 23.6 Å². The average molecular weight is 226 g/mol. The van der Waals surface area contributed by atoms with Gasteiger partial charge in [0.25, 0.3) is 0 Å². The Morgan fingerprint density at radius 1 is 0.625 bits per heavy atom. The summed E-state index contributed by atoms with van der Waals surface area (Å²) in [6, 6.07) is 0. The first-order valence-electron chi connectivity index (χ1n) is 7.31. The van der Waals surface area contributed by atoms with Crippen LogP contribution in [0.5, 0.6) is 0 Å². The van der Waals surface area contributed by atoms with Gasteiger partial charge in [-0.3, -0.25) is 0 Å². The molecule has 2 aliphatic heterocycles. The zero-order chi connectivity index (χ0) is 11.6. The van der Waals surface area contributed by atoms with E-state index < -0.39 is 0 Å². The van der Waals surface area contributed by atoms with Gasteiger partial charge in [-0.25, -0.2) is 0 Å². The molecule has 0 bridgehead atoms. The molecule has 0 unspecified atom stereocenters. The maximum Gasteiger partial charge on any atom is -0.00183 e. The van der Waals surface area contributed by atoms with Gasteiger partial charge in [-0.1, -0.05) is 13.8 Å². The predicted molar refractivity (Wildman–Crippen MR) is 71.9 cm³/mol. The van der Waals surface area contributed by atoms with Crippen LogP contribution >= 0.6 is 0 Å². The Bertz CT molecular complexity index is 129. The summed E-state index contributed by atoms with van der Waals surface area (Å²) >= 11 is 0. The van der Waals surface area contributed by atoms with Crippen molar-refractivity contribution in [3.63, 3.8) is 0 Å². The van der Waals surface area contributed by atoms with E-state index in [0.717, 1.165) is 0 Å². The van der Waals surface area contributed by atoms with Crippen LogP contribution < -0.4 is 0 Å². The zero-order valence-electron chi connectivity index (χ0n) is 11.4. The third-order valence-corrected chi connectivity index (χ3v) is 3.48. The Morgan fingerprint density at radius 3 is 1.19 bits per heavy atom. The summed E-state index contributed by atoms with van der Waals surface area (Å²) in [5, 5.41) is 0. The lowest BCUT2D eigenvalue weighted by atomic mass is 10.4. The van der Waals surface area contributed by atoms with Crippen molar-refractivity contribution in [3.05, 3.63) is 0 Å². The summed E-state index contributed by atoms with van der Waals surface area (Å²) in [6.45, 7) is 12.6. The van der Waals surface area contributed by atoms with Crippen molar-refractivity contribution in [1.82, 2.24) is 9.80 Å². The molecule has 0 aromatic rings. The fraction of sp³-hybridized carbons (Fsp3) is 1.00. The summed E-state index contributed by atoms with van der Waals surface area (Å²) in [5.74, 6) is 0. The maximum atomic E-state index is 2.54. The Morgan fingerprint density at radius 2 is 0.938 bits per heavy atom. The normalized spacial score (nSPS) is 22.1. The molecule has 0 aromatic carbocycles. The highest BCUT2D eigenvalue weighted by molar-refractivity contribution is 4.64. The molecule has 0 amide bonds. The second-order valence-electron chi connectivity index (χ2n) is 5.10. The fourth-order valence-corrected chi connectivity index (χ4v) is 2.64. The Hall–Kier alpha value is -0.0800. The van der Waals surface area contributed by atoms with Crippen molar-refractivity contribution in [2.45, 2.75) is 52.4 Å². The lowest BCUT2D eigenvalue weighted by Gasteiger charge is -2.11. The SMILES string of the molecule is CCCN1CCCC1.CCCN1CCCC1. The number of hydrogen-bond donors (Lipinski definition) is 0. The first-order chi connectivity index (χ1) is 7.86. The van der Waals surface area contributed by atoms with Crippen LogP contribution in [0.15, 0.2) is 0 Å². The Labute approximate surface area is 102 Å². The molecule has 0 saturated carbocycles. The van der Waals surface area contributed by atoms with Gasteiger partial charge in [0.2, 0.25) is 0 Å². The molecular formula is C14H30N2. The van der Waals surface area contributed by atoms with E-state index in [1.165, 1.54) is 77.8 Å². The monoisotopic (exact) mass is 226 g/mol. The molecule has 2 saturated heterocycles. The summed E-state index contributed by atoms with van der Waals surface area (Å²) in [6.07, 6.45) is 8.36. The minimum Gasteiger partial charge on any atom is -0.303 e. The van der Waals surface area contributed by atoms with E-state index in [9.17, 15) is 0 Å². The molecule has 16 heavy (non-hydrogen) atoms. The third-order valence-electron chi connectivity index (χ3n) is 3.48. The standard InChI is InChI=1S/2C7H15N/c2*1-2-5-8-6-3-4-7-8/h2*2-7H2,1H3. The number of hydrogen-bond acceptors (Lipinski definition) is 2. The van der Waals surface area contributed by atoms with E-state index in [1.54, 1.807) is 0 Å². The highest BCUT2D eigenvalue weighted by Gasteiger charge is 2.09. The summed E-state index contributed by atoms with van der Waals surface area (Å²) in [4.78, 5) is 5.08. The molecule has 2 nitrogen and oxygen atoms in total. The molecule has 0 N–H and O–H groups in total. The molecule has 2 rings (SSSR count). The minimum absolute atomic E-state index is 1.32. The van der Waals surface area contributed by atoms with Gasteiger partial charge in [-0.15, -0.1) is 0 Å². The zero-order valence-corrected chi connectivity index (χ0v) is 11.4. The van der Waals surface area contributed by atoms with E-state index in [0.29, 0.717) is 0 Å². The van der Waals surface area contributed by atoms with Gasteiger partial charge in [-0.05, 0) is 77.8 Å². The Balaban J connectivity index is 0.000000160. The second-order valence-corrected chi connectivity index (χ2v) is 5.10. The number of nitrogens with zero attached hydrogens (tertiary/aromatic N) is 2. The summed E-state index contributed by atoms with van der Waals surface area (Å²) in [7, 11) is 0. The van der Waals surface area contributed by atoms with Crippen molar-refractivity contribution in [2.75, 3.05) is 39.3 Å². The van der Waals surface area contributed by atoms with Crippen molar-refractivity contribution in [1.29, 1.82) is 0 Å². The molecule has 2 heterocycles. The topological polar surface area (TPSA) is 6.48 Å². The molecule has 2 fully saturated rings. The average Bonchev–Trinajstić information content (AvgIpc) is 2.92. The molecule has 0 spiro atoms. The van der Waals surface area contributed by atoms with Crippen molar-refractivity contribution < 1.29 is 0 Å². The van der Waals surface area contributed by atoms with Crippen molar-refractivity contribution >= 4 is 0 Å². The van der Waals surface area contributed by atoms with Gasteiger partial charge in [-0.2, -0.15) is 0 Å². The number of likely N-dealkylation sites (tertiary alicyclic amines) is 2. The van der Waals surface area contributed by atoms with Gasteiger partial charge in [0.1, 0.15) is 0 Å². The van der Waals surface area contributed by atoms with E-state index in [1.807, 2.05) is 0 Å². The van der Waals surface area contributed by atoms with Crippen LogP contribution in [0.25, 0.3) is 0 Å². The quantitative estimate of drug-likeness (QED) is 0.727. The lowest BCUT2D eigenvalue weighted by Crippen LogP contribution is -2.19. The molecule has 2 aliphatic rings. The fourth-order valence-electron chi connectivity index (χ4n) is 2.64.